The summed E-state index contributed by atoms with van der Waals surface area (Å²) in [6.07, 6.45) is 3.45. The smallest absolute Gasteiger partial charge is 0.302 e. The average Bonchev–Trinajstić information content (AvgIpc) is 3.53. The van der Waals surface area contributed by atoms with Crippen LogP contribution in [0.15, 0.2) is 36.7 Å². The van der Waals surface area contributed by atoms with Gasteiger partial charge in [-0.1, -0.05) is 45.9 Å². The van der Waals surface area contributed by atoms with Crippen LogP contribution in [-0.2, 0) is 26.8 Å². The minimum absolute atomic E-state index is 0.00122. The van der Waals surface area contributed by atoms with Crippen LogP contribution in [0.3, 0.4) is 0 Å². The highest BCUT2D eigenvalue weighted by Crippen LogP contribution is 2.47. The number of hydrogen-bond donors (Lipinski definition) is 1. The predicted octanol–water partition coefficient (Wildman–Crippen LogP) is 3.40. The topological polar surface area (TPSA) is 91.9 Å². The number of aryl methyl sites for hydroxylation is 1. The molecule has 0 unspecified atom stereocenters. The number of aromatic nitrogens is 2. The maximum atomic E-state index is 14.1. The van der Waals surface area contributed by atoms with Crippen LogP contribution < -0.4 is 5.32 Å². The Labute approximate surface area is 218 Å². The Morgan fingerprint density at radius 1 is 1.27 bits per heavy atom. The summed E-state index contributed by atoms with van der Waals surface area (Å²) in [5, 5.41) is 7.17. The summed E-state index contributed by atoms with van der Waals surface area (Å²) in [7, 11) is 3.49. The largest absolute Gasteiger partial charge is 0.333 e. The third-order valence-electron chi connectivity index (χ3n) is 7.70. The predicted molar refractivity (Wildman–Crippen MR) is 140 cm³/mol. The van der Waals surface area contributed by atoms with Crippen molar-refractivity contribution in [2.45, 2.75) is 64.1 Å². The molecular weight excluding hydrogens is 468 g/mol. The van der Waals surface area contributed by atoms with Crippen LogP contribution in [-0.4, -0.2) is 63.1 Å². The first-order valence-electron chi connectivity index (χ1n) is 12.8. The monoisotopic (exact) mass is 504 g/mol. The van der Waals surface area contributed by atoms with E-state index in [1.165, 1.54) is 4.90 Å². The number of carbonyl (C=O) groups excluding carboxylic acids is 3. The Morgan fingerprint density at radius 3 is 2.57 bits per heavy atom. The van der Waals surface area contributed by atoms with E-state index in [0.717, 1.165) is 16.8 Å². The molecule has 196 valence electrons. The summed E-state index contributed by atoms with van der Waals surface area (Å²) in [5.74, 6) is -0.932. The average molecular weight is 505 g/mol. The second-order valence-corrected chi connectivity index (χ2v) is 11.1. The number of rotatable bonds is 7. The number of fused-ring (bicyclic) bond motifs is 2. The lowest BCUT2D eigenvalue weighted by molar-refractivity contribution is -0.146. The van der Waals surface area contributed by atoms with Crippen molar-refractivity contribution in [3.05, 3.63) is 59.2 Å². The van der Waals surface area contributed by atoms with Crippen LogP contribution >= 0.6 is 0 Å². The van der Waals surface area contributed by atoms with E-state index >= 15 is 0 Å². The van der Waals surface area contributed by atoms with E-state index in [2.05, 4.69) is 15.3 Å². The van der Waals surface area contributed by atoms with E-state index in [-0.39, 0.29) is 42.5 Å². The highest BCUT2D eigenvalue weighted by molar-refractivity contribution is 6.07. The van der Waals surface area contributed by atoms with Crippen LogP contribution in [0.2, 0.25) is 0 Å². The van der Waals surface area contributed by atoms with E-state index in [4.69, 9.17) is 6.57 Å². The molecule has 1 N–H and O–H groups in total. The van der Waals surface area contributed by atoms with Crippen LogP contribution in [0.25, 0.3) is 4.85 Å². The van der Waals surface area contributed by atoms with Gasteiger partial charge in [-0.05, 0) is 29.9 Å². The van der Waals surface area contributed by atoms with Crippen molar-refractivity contribution in [1.82, 2.24) is 19.6 Å². The fraction of sp³-hybridized carbons (Fsp3) is 0.536. The molecule has 9 heteroatoms. The zero-order valence-corrected chi connectivity index (χ0v) is 22.4. The van der Waals surface area contributed by atoms with Crippen molar-refractivity contribution in [3.63, 3.8) is 0 Å². The van der Waals surface area contributed by atoms with Gasteiger partial charge in [0.05, 0.1) is 18.5 Å². The molecule has 1 saturated heterocycles. The summed E-state index contributed by atoms with van der Waals surface area (Å²) in [6, 6.07) is 6.72. The van der Waals surface area contributed by atoms with Gasteiger partial charge in [0.25, 0.3) is 5.91 Å². The molecule has 0 bridgehead atoms. The molecule has 4 atom stereocenters. The Hall–Kier alpha value is -3.67. The van der Waals surface area contributed by atoms with E-state index < -0.39 is 23.5 Å². The van der Waals surface area contributed by atoms with Gasteiger partial charge < -0.3 is 10.2 Å². The van der Waals surface area contributed by atoms with Gasteiger partial charge in [-0.25, -0.2) is 6.57 Å². The molecular formula is C28H36N6O3. The minimum atomic E-state index is -0.956. The number of nitrogens with one attached hydrogen (secondary N) is 1. The molecule has 1 spiro atoms. The zero-order chi connectivity index (χ0) is 27.1. The van der Waals surface area contributed by atoms with Gasteiger partial charge in [0.2, 0.25) is 11.8 Å². The molecule has 2 aliphatic rings. The zero-order valence-electron chi connectivity index (χ0n) is 22.4. The first-order valence-corrected chi connectivity index (χ1v) is 12.8. The maximum Gasteiger partial charge on any atom is 0.302 e. The van der Waals surface area contributed by atoms with Crippen molar-refractivity contribution in [3.8, 4) is 0 Å². The molecule has 3 heterocycles. The summed E-state index contributed by atoms with van der Waals surface area (Å²) in [5.41, 5.74) is 1.41. The summed E-state index contributed by atoms with van der Waals surface area (Å²) in [6.45, 7) is 16.0. The number of anilines is 1. The molecule has 3 amide bonds. The normalized spacial score (nSPS) is 22.2. The fourth-order valence-electron chi connectivity index (χ4n) is 5.80. The van der Waals surface area contributed by atoms with Gasteiger partial charge in [0, 0.05) is 38.1 Å². The Kier molecular flexibility index (Phi) is 7.13. The molecule has 1 aromatic heterocycles. The maximum absolute atomic E-state index is 14.1. The van der Waals surface area contributed by atoms with Crippen molar-refractivity contribution < 1.29 is 14.4 Å². The van der Waals surface area contributed by atoms with E-state index in [1.807, 2.05) is 65.2 Å². The second kappa shape index (κ2) is 10.0. The van der Waals surface area contributed by atoms with E-state index in [1.54, 1.807) is 22.8 Å². The number of carbonyl (C=O) groups is 3. The van der Waals surface area contributed by atoms with Crippen LogP contribution in [0.1, 0.15) is 57.6 Å². The molecule has 4 rings (SSSR count). The molecule has 2 aliphatic heterocycles. The van der Waals surface area contributed by atoms with Crippen LogP contribution in [0, 0.1) is 18.4 Å². The molecule has 0 radical (unpaired) electrons. The number of hydrogen-bond acceptors (Lipinski definition) is 4. The van der Waals surface area contributed by atoms with Crippen molar-refractivity contribution in [2.75, 3.05) is 18.9 Å². The highest BCUT2D eigenvalue weighted by atomic mass is 16.2. The first kappa shape index (κ1) is 26.4. The standard InChI is InChI=1S/C28H36N6O3/c1-17(2)12-22(33(7)26(36)24(18(3)4)19-14-30-32(6)15-19)25(35)34-16-28(13-23(34)29-5)20-10-8-9-11-21(20)31-27(28)37/h8-11,14-15,17-18,22-24H,12-13,16H2,1-4,6-7H3,(H,31,37)/t22-,23-,24-,28-/m0/s1. The number of likely N-dealkylation sites (tertiary alicyclic amines) is 1. The Balaban J connectivity index is 1.66. The SMILES string of the molecule is [C-]#[N+][C@@H]1C[C@@]2(CN1C(=O)[C@H](CC(C)C)N(C)C(=O)[C@H](c1cnn(C)c1)C(C)C)C(=O)Nc1ccccc12. The lowest BCUT2D eigenvalue weighted by atomic mass is 9.80. The van der Waals surface area contributed by atoms with E-state index in [9.17, 15) is 14.4 Å². The highest BCUT2D eigenvalue weighted by Gasteiger charge is 2.59. The molecule has 1 aromatic carbocycles. The fourth-order valence-corrected chi connectivity index (χ4v) is 5.80. The number of nitrogens with zero attached hydrogens (tertiary/aromatic N) is 5. The van der Waals surface area contributed by atoms with Crippen molar-refractivity contribution in [1.29, 1.82) is 0 Å². The van der Waals surface area contributed by atoms with Crippen molar-refractivity contribution in [2.24, 2.45) is 18.9 Å². The first-order chi connectivity index (χ1) is 17.5. The molecule has 2 aromatic rings. The molecule has 9 nitrogen and oxygen atoms in total. The third kappa shape index (κ3) is 4.61. The number of para-hydroxylation sites is 1. The number of likely N-dealkylation sites (N-methyl/N-ethyl adjacent to an activating group) is 1. The van der Waals surface area contributed by atoms with Gasteiger partial charge in [-0.2, -0.15) is 5.10 Å². The summed E-state index contributed by atoms with van der Waals surface area (Å²) in [4.78, 5) is 48.0. The second-order valence-electron chi connectivity index (χ2n) is 11.1. The van der Waals surface area contributed by atoms with Gasteiger partial charge in [-0.15, -0.1) is 0 Å². The van der Waals surface area contributed by atoms with Gasteiger partial charge >= 0.3 is 6.17 Å². The molecule has 1 fully saturated rings. The third-order valence-corrected chi connectivity index (χ3v) is 7.70. The Bertz CT molecular complexity index is 1240. The minimum Gasteiger partial charge on any atom is -0.333 e. The molecule has 0 saturated carbocycles. The quantitative estimate of drug-likeness (QED) is 0.585. The number of amides is 3. The van der Waals surface area contributed by atoms with Crippen LogP contribution in [0.4, 0.5) is 5.69 Å². The van der Waals surface area contributed by atoms with Gasteiger partial charge in [0.1, 0.15) is 11.5 Å². The molecule has 37 heavy (non-hydrogen) atoms. The lowest BCUT2D eigenvalue weighted by Gasteiger charge is -2.35. The summed E-state index contributed by atoms with van der Waals surface area (Å²) >= 11 is 0. The summed E-state index contributed by atoms with van der Waals surface area (Å²) < 4.78 is 1.67. The van der Waals surface area contributed by atoms with Gasteiger partial charge in [0.15, 0.2) is 0 Å². The molecule has 0 aliphatic carbocycles. The lowest BCUT2D eigenvalue weighted by Crippen LogP contribution is -2.52. The Morgan fingerprint density at radius 2 is 1.97 bits per heavy atom. The van der Waals surface area contributed by atoms with E-state index in [0.29, 0.717) is 6.42 Å². The van der Waals surface area contributed by atoms with Crippen LogP contribution in [0.5, 0.6) is 0 Å². The van der Waals surface area contributed by atoms with Crippen molar-refractivity contribution >= 4 is 23.4 Å². The van der Waals surface area contributed by atoms with Gasteiger partial charge in [-0.3, -0.25) is 28.8 Å². The number of benzene rings is 1.